The van der Waals surface area contributed by atoms with E-state index in [1.807, 2.05) is 22.9 Å². The predicted octanol–water partition coefficient (Wildman–Crippen LogP) is 5.54. The molecule has 2 aromatic carbocycles. The quantitative estimate of drug-likeness (QED) is 0.409. The summed E-state index contributed by atoms with van der Waals surface area (Å²) >= 11 is 0. The van der Waals surface area contributed by atoms with E-state index in [-0.39, 0.29) is 10.8 Å². The van der Waals surface area contributed by atoms with Gasteiger partial charge in [0.2, 0.25) is 0 Å². The Hall–Kier alpha value is -2.38. The lowest BCUT2D eigenvalue weighted by Gasteiger charge is -2.36. The number of benzene rings is 2. The third-order valence-electron chi connectivity index (χ3n) is 5.86. The van der Waals surface area contributed by atoms with E-state index < -0.39 is 14.1 Å². The fraction of sp³-hybridized carbons (Fsp3) is 0.409. The first kappa shape index (κ1) is 21.3. The van der Waals surface area contributed by atoms with Crippen molar-refractivity contribution in [2.45, 2.75) is 51.9 Å². The van der Waals surface area contributed by atoms with Gasteiger partial charge in [0, 0.05) is 24.1 Å². The van der Waals surface area contributed by atoms with Crippen molar-refractivity contribution in [3.05, 3.63) is 42.2 Å². The molecule has 0 fully saturated rings. The number of aryl methyl sites for hydroxylation is 1. The molecule has 1 heterocycles. The van der Waals surface area contributed by atoms with Gasteiger partial charge in [0.15, 0.2) is 25.7 Å². The van der Waals surface area contributed by atoms with E-state index in [0.717, 1.165) is 17.3 Å². The predicted molar refractivity (Wildman–Crippen MR) is 119 cm³/mol. The van der Waals surface area contributed by atoms with Crippen LogP contribution in [-0.4, -0.2) is 29.8 Å². The number of rotatable bonds is 6. The summed E-state index contributed by atoms with van der Waals surface area (Å²) in [6.07, 6.45) is 0.818. The van der Waals surface area contributed by atoms with E-state index in [1.54, 1.807) is 12.1 Å². The number of fused-ring (bicyclic) bond motifs is 1. The minimum absolute atomic E-state index is 0.178. The zero-order chi connectivity index (χ0) is 21.4. The number of aromatic nitrogens is 2. The molecular formula is C22H30FN3O2Si. The highest BCUT2D eigenvalue weighted by Gasteiger charge is 2.36. The maximum Gasteiger partial charge on any atom is 0.191 e. The Morgan fingerprint density at radius 2 is 1.93 bits per heavy atom. The molecule has 0 aliphatic rings. The van der Waals surface area contributed by atoms with Gasteiger partial charge in [-0.15, -0.1) is 0 Å². The molecule has 156 valence electrons. The summed E-state index contributed by atoms with van der Waals surface area (Å²) in [7, 11) is -1.77. The second kappa shape index (κ2) is 7.80. The smallest absolute Gasteiger partial charge is 0.191 e. The van der Waals surface area contributed by atoms with E-state index in [0.29, 0.717) is 30.1 Å². The standard InChI is InChI=1S/C22H30FN3O2Si/c1-22(2,3)29(4,5)28-13-7-12-26-19-14-15(10-11-17(19)21(24)25-26)16-8-6-9-18(23)20(16)27/h6,8-11,14,27H,7,12-13H2,1-5H3,(H2,24,25). The summed E-state index contributed by atoms with van der Waals surface area (Å²) < 4.78 is 21.9. The van der Waals surface area contributed by atoms with Gasteiger partial charge in [0.05, 0.1) is 5.52 Å². The Morgan fingerprint density at radius 3 is 2.62 bits per heavy atom. The average molecular weight is 416 g/mol. The van der Waals surface area contributed by atoms with E-state index in [4.69, 9.17) is 10.2 Å². The van der Waals surface area contributed by atoms with Crippen molar-refractivity contribution in [3.8, 4) is 16.9 Å². The first-order valence-electron chi connectivity index (χ1n) is 9.89. The molecule has 0 atom stereocenters. The molecule has 0 spiro atoms. The molecule has 29 heavy (non-hydrogen) atoms. The Bertz CT molecular complexity index is 1020. The van der Waals surface area contributed by atoms with Crippen LogP contribution < -0.4 is 5.73 Å². The molecule has 3 N–H and O–H groups in total. The highest BCUT2D eigenvalue weighted by molar-refractivity contribution is 6.74. The number of nitrogen functional groups attached to an aromatic ring is 1. The summed E-state index contributed by atoms with van der Waals surface area (Å²) in [4.78, 5) is 0. The van der Waals surface area contributed by atoms with Gasteiger partial charge in [-0.3, -0.25) is 4.68 Å². The molecule has 0 aliphatic heterocycles. The van der Waals surface area contributed by atoms with Gasteiger partial charge in [-0.2, -0.15) is 5.10 Å². The molecule has 1 aromatic heterocycles. The van der Waals surface area contributed by atoms with Crippen LogP contribution in [0.25, 0.3) is 22.0 Å². The summed E-state index contributed by atoms with van der Waals surface area (Å²) in [6.45, 7) is 12.5. The van der Waals surface area contributed by atoms with Gasteiger partial charge in [0.1, 0.15) is 0 Å². The van der Waals surface area contributed by atoms with Crippen LogP contribution in [0.4, 0.5) is 10.2 Å². The Balaban J connectivity index is 1.81. The normalized spacial score (nSPS) is 12.6. The zero-order valence-electron chi connectivity index (χ0n) is 17.8. The average Bonchev–Trinajstić information content (AvgIpc) is 2.95. The number of nitrogens with two attached hydrogens (primary N) is 1. The van der Waals surface area contributed by atoms with E-state index in [9.17, 15) is 9.50 Å². The van der Waals surface area contributed by atoms with E-state index in [2.05, 4.69) is 39.0 Å². The molecule has 3 rings (SSSR count). The highest BCUT2D eigenvalue weighted by Crippen LogP contribution is 2.37. The summed E-state index contributed by atoms with van der Waals surface area (Å²) in [5, 5.41) is 15.6. The van der Waals surface area contributed by atoms with Gasteiger partial charge in [-0.25, -0.2) is 4.39 Å². The molecule has 5 nitrogen and oxygen atoms in total. The maximum absolute atomic E-state index is 13.7. The van der Waals surface area contributed by atoms with E-state index in [1.165, 1.54) is 6.07 Å². The van der Waals surface area contributed by atoms with Crippen LogP contribution in [0.3, 0.4) is 0 Å². The van der Waals surface area contributed by atoms with Gasteiger partial charge >= 0.3 is 0 Å². The van der Waals surface area contributed by atoms with Crippen molar-refractivity contribution in [1.29, 1.82) is 0 Å². The largest absolute Gasteiger partial charge is 0.504 e. The second-order valence-electron chi connectivity index (χ2n) is 8.94. The molecule has 0 aliphatic carbocycles. The van der Waals surface area contributed by atoms with Gasteiger partial charge in [-0.1, -0.05) is 39.0 Å². The SMILES string of the molecule is CC(C)(C)[Si](C)(C)OCCCn1nc(N)c2ccc(-c3cccc(F)c3O)cc21. The number of phenolic OH excluding ortho intramolecular Hbond substituents is 1. The molecule has 0 saturated heterocycles. The molecule has 3 aromatic rings. The number of hydrogen-bond donors (Lipinski definition) is 2. The summed E-state index contributed by atoms with van der Waals surface area (Å²) in [5.74, 6) is -0.535. The third kappa shape index (κ3) is 4.30. The summed E-state index contributed by atoms with van der Waals surface area (Å²) in [5.41, 5.74) is 8.10. The number of hydrogen-bond acceptors (Lipinski definition) is 4. The molecule has 0 radical (unpaired) electrons. The minimum atomic E-state index is -1.77. The first-order valence-corrected chi connectivity index (χ1v) is 12.8. The van der Waals surface area contributed by atoms with E-state index >= 15 is 0 Å². The van der Waals surface area contributed by atoms with Crippen LogP contribution in [0.15, 0.2) is 36.4 Å². The van der Waals surface area contributed by atoms with Gasteiger partial charge in [0.25, 0.3) is 0 Å². The monoisotopic (exact) mass is 415 g/mol. The second-order valence-corrected chi connectivity index (χ2v) is 13.7. The van der Waals surface area contributed by atoms with Crippen molar-refractivity contribution in [2.75, 3.05) is 12.3 Å². The summed E-state index contributed by atoms with van der Waals surface area (Å²) in [6, 6.07) is 10.1. The molecule has 7 heteroatoms. The fourth-order valence-electron chi connectivity index (χ4n) is 3.04. The Labute approximate surface area is 172 Å². The lowest BCUT2D eigenvalue weighted by molar-refractivity contribution is 0.273. The Morgan fingerprint density at radius 1 is 1.21 bits per heavy atom. The highest BCUT2D eigenvalue weighted by atomic mass is 28.4. The van der Waals surface area contributed by atoms with Crippen molar-refractivity contribution in [1.82, 2.24) is 9.78 Å². The van der Waals surface area contributed by atoms with Crippen LogP contribution in [0, 0.1) is 5.82 Å². The molecule has 0 bridgehead atoms. The lowest BCUT2D eigenvalue weighted by atomic mass is 10.0. The van der Waals surface area contributed by atoms with Crippen molar-refractivity contribution < 1.29 is 13.9 Å². The molecule has 0 saturated carbocycles. The number of aromatic hydroxyl groups is 1. The molecule has 0 amide bonds. The maximum atomic E-state index is 13.7. The van der Waals surface area contributed by atoms with Crippen molar-refractivity contribution >= 4 is 25.0 Å². The fourth-order valence-corrected chi connectivity index (χ4v) is 4.13. The van der Waals surface area contributed by atoms with Crippen LogP contribution in [0.2, 0.25) is 18.1 Å². The minimum Gasteiger partial charge on any atom is -0.504 e. The topological polar surface area (TPSA) is 73.3 Å². The van der Waals surface area contributed by atoms with Crippen molar-refractivity contribution in [2.24, 2.45) is 0 Å². The number of halogens is 1. The third-order valence-corrected chi connectivity index (χ3v) is 10.4. The molecule has 0 unspecified atom stereocenters. The number of phenols is 1. The number of nitrogens with zero attached hydrogens (tertiary/aromatic N) is 2. The number of anilines is 1. The zero-order valence-corrected chi connectivity index (χ0v) is 18.8. The van der Waals surface area contributed by atoms with Crippen molar-refractivity contribution in [3.63, 3.8) is 0 Å². The molecular weight excluding hydrogens is 385 g/mol. The van der Waals surface area contributed by atoms with Crippen LogP contribution in [0.1, 0.15) is 27.2 Å². The Kier molecular flexibility index (Phi) is 5.74. The number of para-hydroxylation sites is 1. The van der Waals surface area contributed by atoms with Crippen LogP contribution in [0.5, 0.6) is 5.75 Å². The van der Waals surface area contributed by atoms with Crippen LogP contribution >= 0.6 is 0 Å². The van der Waals surface area contributed by atoms with Gasteiger partial charge in [-0.05, 0) is 48.3 Å². The van der Waals surface area contributed by atoms with Gasteiger partial charge < -0.3 is 15.3 Å². The first-order chi connectivity index (χ1) is 13.5. The lowest BCUT2D eigenvalue weighted by Crippen LogP contribution is -2.41. The van der Waals surface area contributed by atoms with Crippen LogP contribution in [-0.2, 0) is 11.0 Å².